The van der Waals surface area contributed by atoms with Gasteiger partial charge in [0.1, 0.15) is 0 Å². The van der Waals surface area contributed by atoms with Crippen LogP contribution in [0.1, 0.15) is 39.3 Å². The molecule has 0 saturated carbocycles. The number of thioether (sulfide) groups is 1. The van der Waals surface area contributed by atoms with Gasteiger partial charge in [-0.05, 0) is 19.8 Å². The van der Waals surface area contributed by atoms with Crippen molar-refractivity contribution in [1.82, 2.24) is 15.3 Å². The van der Waals surface area contributed by atoms with Crippen molar-refractivity contribution < 1.29 is 4.79 Å². The van der Waals surface area contributed by atoms with Crippen LogP contribution in [-0.4, -0.2) is 27.7 Å². The van der Waals surface area contributed by atoms with Crippen LogP contribution in [0.15, 0.2) is 16.0 Å². The number of carbonyl (C=O) groups excluding carboxylic acids is 1. The van der Waals surface area contributed by atoms with Crippen molar-refractivity contribution >= 4 is 17.7 Å². The Kier molecular flexibility index (Phi) is 6.62. The van der Waals surface area contributed by atoms with E-state index in [-0.39, 0.29) is 23.3 Å². The second kappa shape index (κ2) is 7.99. The summed E-state index contributed by atoms with van der Waals surface area (Å²) in [5.74, 6) is 0.228. The molecule has 0 aromatic carbocycles. The van der Waals surface area contributed by atoms with E-state index >= 15 is 0 Å². The Labute approximate surface area is 117 Å². The third-order valence-corrected chi connectivity index (χ3v) is 3.51. The molecule has 1 atom stereocenters. The van der Waals surface area contributed by atoms with E-state index < -0.39 is 0 Å². The van der Waals surface area contributed by atoms with Gasteiger partial charge < -0.3 is 10.3 Å². The Morgan fingerprint density at radius 3 is 2.89 bits per heavy atom. The molecule has 2 N–H and O–H groups in total. The fraction of sp³-hybridized carbons (Fsp3) is 0.615. The summed E-state index contributed by atoms with van der Waals surface area (Å²) in [6, 6.07) is 1.68. The second-order valence-corrected chi connectivity index (χ2v) is 5.42. The SMILES string of the molecule is CCCc1cc(=O)[nH]c(SCC(=O)N[C@H](C)CC)n1. The van der Waals surface area contributed by atoms with Gasteiger partial charge in [-0.15, -0.1) is 0 Å². The van der Waals surface area contributed by atoms with E-state index in [1.54, 1.807) is 0 Å². The molecule has 0 unspecified atom stereocenters. The summed E-state index contributed by atoms with van der Waals surface area (Å²) < 4.78 is 0. The molecule has 19 heavy (non-hydrogen) atoms. The number of aromatic amines is 1. The van der Waals surface area contributed by atoms with Crippen LogP contribution in [0.2, 0.25) is 0 Å². The van der Waals surface area contributed by atoms with Gasteiger partial charge in [-0.25, -0.2) is 4.98 Å². The van der Waals surface area contributed by atoms with Crippen LogP contribution in [0.5, 0.6) is 0 Å². The smallest absolute Gasteiger partial charge is 0.251 e. The van der Waals surface area contributed by atoms with Crippen molar-refractivity contribution in [3.63, 3.8) is 0 Å². The third-order valence-electron chi connectivity index (χ3n) is 2.64. The number of aromatic nitrogens is 2. The van der Waals surface area contributed by atoms with Gasteiger partial charge in [0, 0.05) is 17.8 Å². The van der Waals surface area contributed by atoms with Crippen LogP contribution in [0.3, 0.4) is 0 Å². The lowest BCUT2D eigenvalue weighted by Crippen LogP contribution is -2.33. The maximum Gasteiger partial charge on any atom is 0.251 e. The van der Waals surface area contributed by atoms with Crippen LogP contribution < -0.4 is 10.9 Å². The lowest BCUT2D eigenvalue weighted by molar-refractivity contribution is -0.119. The summed E-state index contributed by atoms with van der Waals surface area (Å²) in [6.07, 6.45) is 2.61. The van der Waals surface area contributed by atoms with Crippen molar-refractivity contribution in [1.29, 1.82) is 0 Å². The number of nitrogens with one attached hydrogen (secondary N) is 2. The summed E-state index contributed by atoms with van der Waals surface area (Å²) in [4.78, 5) is 30.0. The van der Waals surface area contributed by atoms with Gasteiger partial charge in [-0.3, -0.25) is 9.59 Å². The molecule has 0 aliphatic rings. The van der Waals surface area contributed by atoms with Gasteiger partial charge >= 0.3 is 0 Å². The first-order valence-electron chi connectivity index (χ1n) is 6.57. The Hall–Kier alpha value is -1.30. The van der Waals surface area contributed by atoms with Crippen LogP contribution in [0.25, 0.3) is 0 Å². The van der Waals surface area contributed by atoms with Crippen LogP contribution in [0, 0.1) is 0 Å². The molecule has 106 valence electrons. The Morgan fingerprint density at radius 1 is 1.53 bits per heavy atom. The molecule has 0 aliphatic heterocycles. The quantitative estimate of drug-likeness (QED) is 0.590. The fourth-order valence-corrected chi connectivity index (χ4v) is 2.19. The zero-order chi connectivity index (χ0) is 14.3. The number of hydrogen-bond acceptors (Lipinski definition) is 4. The van der Waals surface area contributed by atoms with Gasteiger partial charge in [0.05, 0.1) is 5.75 Å². The molecule has 0 radical (unpaired) electrons. The van der Waals surface area contributed by atoms with Crippen LogP contribution in [-0.2, 0) is 11.2 Å². The predicted molar refractivity (Wildman–Crippen MR) is 77.5 cm³/mol. The average molecular weight is 283 g/mol. The zero-order valence-corrected chi connectivity index (χ0v) is 12.5. The minimum Gasteiger partial charge on any atom is -0.353 e. The molecule has 0 spiro atoms. The molecule has 6 heteroatoms. The highest BCUT2D eigenvalue weighted by atomic mass is 32.2. The van der Waals surface area contributed by atoms with E-state index in [9.17, 15) is 9.59 Å². The fourth-order valence-electron chi connectivity index (χ4n) is 1.49. The number of carbonyl (C=O) groups is 1. The van der Waals surface area contributed by atoms with E-state index in [0.717, 1.165) is 25.0 Å². The van der Waals surface area contributed by atoms with E-state index in [2.05, 4.69) is 15.3 Å². The summed E-state index contributed by atoms with van der Waals surface area (Å²) in [6.45, 7) is 6.02. The van der Waals surface area contributed by atoms with Crippen molar-refractivity contribution in [2.45, 2.75) is 51.2 Å². The minimum absolute atomic E-state index is 0.0390. The molecule has 0 saturated heterocycles. The summed E-state index contributed by atoms with van der Waals surface area (Å²) in [5.41, 5.74) is 0.611. The van der Waals surface area contributed by atoms with Gasteiger partial charge in [0.2, 0.25) is 5.91 Å². The molecule has 0 bridgehead atoms. The number of aryl methyl sites for hydroxylation is 1. The number of rotatable bonds is 7. The molecule has 1 amide bonds. The first-order valence-corrected chi connectivity index (χ1v) is 7.56. The van der Waals surface area contributed by atoms with E-state index in [0.29, 0.717) is 5.16 Å². The number of hydrogen-bond donors (Lipinski definition) is 2. The number of H-pyrrole nitrogens is 1. The standard InChI is InChI=1S/C13H21N3O2S/c1-4-6-10-7-11(17)16-13(15-10)19-8-12(18)14-9(3)5-2/h7,9H,4-6,8H2,1-3H3,(H,14,18)(H,15,16,17)/t9-/m1/s1. The van der Waals surface area contributed by atoms with Gasteiger partial charge in [-0.1, -0.05) is 32.0 Å². The largest absolute Gasteiger partial charge is 0.353 e. The van der Waals surface area contributed by atoms with E-state index in [1.165, 1.54) is 17.8 Å². The number of nitrogens with zero attached hydrogens (tertiary/aromatic N) is 1. The average Bonchev–Trinajstić information content (AvgIpc) is 2.36. The molecule has 0 aliphatic carbocycles. The minimum atomic E-state index is -0.164. The van der Waals surface area contributed by atoms with E-state index in [4.69, 9.17) is 0 Å². The highest BCUT2D eigenvalue weighted by molar-refractivity contribution is 7.99. The van der Waals surface area contributed by atoms with Crippen LogP contribution in [0.4, 0.5) is 0 Å². The highest BCUT2D eigenvalue weighted by Crippen LogP contribution is 2.11. The van der Waals surface area contributed by atoms with Crippen LogP contribution >= 0.6 is 11.8 Å². The normalized spacial score (nSPS) is 12.2. The predicted octanol–water partition coefficient (Wildman–Crippen LogP) is 1.73. The van der Waals surface area contributed by atoms with Crippen molar-refractivity contribution in [2.24, 2.45) is 0 Å². The molecule has 1 aromatic heterocycles. The highest BCUT2D eigenvalue weighted by Gasteiger charge is 2.08. The van der Waals surface area contributed by atoms with Crippen molar-refractivity contribution in [2.75, 3.05) is 5.75 Å². The summed E-state index contributed by atoms with van der Waals surface area (Å²) in [5, 5.41) is 3.38. The summed E-state index contributed by atoms with van der Waals surface area (Å²) >= 11 is 1.26. The molecule has 1 heterocycles. The number of amides is 1. The lowest BCUT2D eigenvalue weighted by Gasteiger charge is -2.10. The maximum absolute atomic E-state index is 11.6. The first kappa shape index (κ1) is 15.8. The van der Waals surface area contributed by atoms with Gasteiger partial charge in [0.25, 0.3) is 5.56 Å². The van der Waals surface area contributed by atoms with E-state index in [1.807, 2.05) is 20.8 Å². The molecule has 5 nitrogen and oxygen atoms in total. The Balaban J connectivity index is 2.57. The molecular formula is C13H21N3O2S. The van der Waals surface area contributed by atoms with Crippen molar-refractivity contribution in [3.8, 4) is 0 Å². The molecule has 1 rings (SSSR count). The monoisotopic (exact) mass is 283 g/mol. The lowest BCUT2D eigenvalue weighted by atomic mass is 10.2. The van der Waals surface area contributed by atoms with Crippen molar-refractivity contribution in [3.05, 3.63) is 22.1 Å². The molecular weight excluding hydrogens is 262 g/mol. The Bertz CT molecular complexity index is 473. The zero-order valence-electron chi connectivity index (χ0n) is 11.7. The topological polar surface area (TPSA) is 74.8 Å². The Morgan fingerprint density at radius 2 is 2.26 bits per heavy atom. The second-order valence-electron chi connectivity index (χ2n) is 4.46. The van der Waals surface area contributed by atoms with Gasteiger partial charge in [-0.2, -0.15) is 0 Å². The summed E-state index contributed by atoms with van der Waals surface area (Å²) in [7, 11) is 0. The maximum atomic E-state index is 11.6. The first-order chi connectivity index (χ1) is 9.05. The molecule has 1 aromatic rings. The third kappa shape index (κ3) is 5.92. The molecule has 0 fully saturated rings. The van der Waals surface area contributed by atoms with Gasteiger partial charge in [0.15, 0.2) is 5.16 Å².